The fourth-order valence-corrected chi connectivity index (χ4v) is 1.58. The van der Waals surface area contributed by atoms with E-state index in [-0.39, 0.29) is 12.5 Å². The Balaban J connectivity index is 2.65. The molecule has 0 bridgehead atoms. The third kappa shape index (κ3) is 4.58. The summed E-state index contributed by atoms with van der Waals surface area (Å²) in [5, 5.41) is 15.8. The highest BCUT2D eigenvalue weighted by molar-refractivity contribution is 6.31. The summed E-state index contributed by atoms with van der Waals surface area (Å²) < 4.78 is 5.13. The van der Waals surface area contributed by atoms with E-state index in [1.165, 1.54) is 7.11 Å². The molecule has 1 atom stereocenters. The second-order valence-corrected chi connectivity index (χ2v) is 5.60. The minimum Gasteiger partial charge on any atom is -0.495 e. The predicted molar refractivity (Wildman–Crippen MR) is 80.5 cm³/mol. The normalized spacial score (nSPS) is 13.8. The van der Waals surface area contributed by atoms with Crippen LogP contribution in [-0.4, -0.2) is 30.4 Å². The van der Waals surface area contributed by atoms with Crippen LogP contribution >= 0.6 is 11.6 Å². The lowest BCUT2D eigenvalue weighted by molar-refractivity contribution is 0.0170. The number of carbonyl (C=O) groups excluding carboxylic acids is 1. The molecule has 1 aromatic carbocycles. The van der Waals surface area contributed by atoms with Gasteiger partial charge in [0.25, 0.3) is 0 Å². The van der Waals surface area contributed by atoms with E-state index in [4.69, 9.17) is 16.3 Å². The predicted octanol–water partition coefficient (Wildman–Crippen LogP) is 2.88. The van der Waals surface area contributed by atoms with Crippen molar-refractivity contribution in [3.8, 4) is 5.75 Å². The number of urea groups is 1. The number of carbonyl (C=O) groups is 1. The molecule has 20 heavy (non-hydrogen) atoms. The molecule has 112 valence electrons. The van der Waals surface area contributed by atoms with Gasteiger partial charge in [-0.25, -0.2) is 4.79 Å². The van der Waals surface area contributed by atoms with Crippen LogP contribution in [0.25, 0.3) is 0 Å². The Labute approximate surface area is 124 Å². The van der Waals surface area contributed by atoms with E-state index in [2.05, 4.69) is 10.6 Å². The Hall–Kier alpha value is -1.46. The van der Waals surface area contributed by atoms with Crippen molar-refractivity contribution >= 4 is 23.3 Å². The smallest absolute Gasteiger partial charge is 0.319 e. The fraction of sp³-hybridized carbons (Fsp3) is 0.500. The van der Waals surface area contributed by atoms with Gasteiger partial charge in [-0.2, -0.15) is 0 Å². The lowest BCUT2D eigenvalue weighted by atomic mass is 9.93. The first kappa shape index (κ1) is 16.6. The average Bonchev–Trinajstić information content (AvgIpc) is 2.36. The maximum Gasteiger partial charge on any atom is 0.319 e. The largest absolute Gasteiger partial charge is 0.495 e. The van der Waals surface area contributed by atoms with Gasteiger partial charge < -0.3 is 20.5 Å². The summed E-state index contributed by atoms with van der Waals surface area (Å²) in [4.78, 5) is 11.8. The van der Waals surface area contributed by atoms with Crippen LogP contribution in [0.3, 0.4) is 0 Å². The quantitative estimate of drug-likeness (QED) is 0.783. The minimum absolute atomic E-state index is 0.0310. The molecule has 3 N–H and O–H groups in total. The Morgan fingerprint density at radius 2 is 2.15 bits per heavy atom. The number of nitrogens with one attached hydrogen (secondary N) is 2. The first-order valence-electron chi connectivity index (χ1n) is 6.37. The maximum atomic E-state index is 11.8. The molecule has 1 aromatic rings. The van der Waals surface area contributed by atoms with E-state index in [0.717, 1.165) is 0 Å². The van der Waals surface area contributed by atoms with E-state index in [0.29, 0.717) is 16.5 Å². The number of halogens is 1. The summed E-state index contributed by atoms with van der Waals surface area (Å²) in [6, 6.07) is 4.52. The molecule has 0 aliphatic rings. The van der Waals surface area contributed by atoms with Crippen molar-refractivity contribution in [2.75, 3.05) is 19.0 Å². The lowest BCUT2D eigenvalue weighted by Gasteiger charge is -2.27. The molecule has 0 spiro atoms. The molecule has 0 aromatic heterocycles. The van der Waals surface area contributed by atoms with Gasteiger partial charge in [-0.15, -0.1) is 0 Å². The highest BCUT2D eigenvalue weighted by atomic mass is 35.5. The molecular weight excluding hydrogens is 280 g/mol. The second kappa shape index (κ2) is 6.81. The van der Waals surface area contributed by atoms with Crippen LogP contribution < -0.4 is 15.4 Å². The molecule has 0 fully saturated rings. The molecule has 1 unspecified atom stereocenters. The monoisotopic (exact) mass is 300 g/mol. The van der Waals surface area contributed by atoms with Crippen LogP contribution in [0.1, 0.15) is 20.8 Å². The van der Waals surface area contributed by atoms with Crippen molar-refractivity contribution in [3.63, 3.8) is 0 Å². The Morgan fingerprint density at radius 3 is 2.70 bits per heavy atom. The van der Waals surface area contributed by atoms with Crippen molar-refractivity contribution < 1.29 is 14.6 Å². The summed E-state index contributed by atoms with van der Waals surface area (Å²) in [6.07, 6.45) is 0. The number of rotatable bonds is 5. The van der Waals surface area contributed by atoms with Gasteiger partial charge >= 0.3 is 6.03 Å². The number of amides is 2. The first-order chi connectivity index (χ1) is 9.26. The summed E-state index contributed by atoms with van der Waals surface area (Å²) in [5.41, 5.74) is -0.489. The number of hydrogen-bond acceptors (Lipinski definition) is 3. The van der Waals surface area contributed by atoms with Gasteiger partial charge in [0.15, 0.2) is 0 Å². The Kier molecular flexibility index (Phi) is 5.65. The van der Waals surface area contributed by atoms with Crippen LogP contribution in [0.2, 0.25) is 5.02 Å². The molecule has 6 heteroatoms. The number of hydrogen-bond donors (Lipinski definition) is 3. The molecule has 2 amide bonds. The van der Waals surface area contributed by atoms with Gasteiger partial charge in [0.2, 0.25) is 0 Å². The number of ether oxygens (including phenoxy) is 1. The highest BCUT2D eigenvalue weighted by Crippen LogP contribution is 2.27. The zero-order valence-corrected chi connectivity index (χ0v) is 12.9. The number of methoxy groups -OCH3 is 1. The molecular formula is C14H21ClN2O3. The van der Waals surface area contributed by atoms with Crippen LogP contribution in [0.4, 0.5) is 10.5 Å². The van der Waals surface area contributed by atoms with Crippen LogP contribution in [-0.2, 0) is 0 Å². The average molecular weight is 301 g/mol. The topological polar surface area (TPSA) is 70.6 Å². The number of benzene rings is 1. The van der Waals surface area contributed by atoms with Crippen molar-refractivity contribution in [3.05, 3.63) is 23.2 Å². The van der Waals surface area contributed by atoms with Crippen molar-refractivity contribution in [2.45, 2.75) is 26.4 Å². The van der Waals surface area contributed by atoms with Gasteiger partial charge in [-0.05, 0) is 31.0 Å². The fourth-order valence-electron chi connectivity index (χ4n) is 1.41. The molecule has 0 heterocycles. The molecule has 0 aliphatic heterocycles. The minimum atomic E-state index is -0.963. The van der Waals surface area contributed by atoms with Crippen LogP contribution in [0.15, 0.2) is 18.2 Å². The zero-order valence-electron chi connectivity index (χ0n) is 12.2. The van der Waals surface area contributed by atoms with Gasteiger partial charge in [0.05, 0.1) is 18.4 Å². The highest BCUT2D eigenvalue weighted by Gasteiger charge is 2.25. The molecule has 0 saturated carbocycles. The molecule has 0 saturated heterocycles. The third-order valence-electron chi connectivity index (χ3n) is 3.26. The lowest BCUT2D eigenvalue weighted by Crippen LogP contribution is -2.45. The van der Waals surface area contributed by atoms with Crippen LogP contribution in [0, 0.1) is 5.92 Å². The van der Waals surface area contributed by atoms with Crippen molar-refractivity contribution in [1.82, 2.24) is 5.32 Å². The van der Waals surface area contributed by atoms with Gasteiger partial charge in [-0.1, -0.05) is 25.4 Å². The van der Waals surface area contributed by atoms with E-state index in [1.54, 1.807) is 25.1 Å². The van der Waals surface area contributed by atoms with E-state index < -0.39 is 11.6 Å². The third-order valence-corrected chi connectivity index (χ3v) is 3.50. The number of aliphatic hydroxyl groups is 1. The summed E-state index contributed by atoms with van der Waals surface area (Å²) in [5.74, 6) is 0.545. The van der Waals surface area contributed by atoms with E-state index in [9.17, 15) is 9.90 Å². The SMILES string of the molecule is COc1ccc(Cl)cc1NC(=O)NCC(C)(O)C(C)C. The van der Waals surface area contributed by atoms with Gasteiger partial charge in [0.1, 0.15) is 5.75 Å². The summed E-state index contributed by atoms with van der Waals surface area (Å²) >= 11 is 5.88. The van der Waals surface area contributed by atoms with E-state index >= 15 is 0 Å². The molecule has 0 radical (unpaired) electrons. The molecule has 1 rings (SSSR count). The van der Waals surface area contributed by atoms with Crippen LogP contribution in [0.5, 0.6) is 5.75 Å². The first-order valence-corrected chi connectivity index (χ1v) is 6.75. The van der Waals surface area contributed by atoms with Crippen molar-refractivity contribution in [2.24, 2.45) is 5.92 Å². The van der Waals surface area contributed by atoms with Gasteiger partial charge in [0, 0.05) is 11.6 Å². The van der Waals surface area contributed by atoms with Gasteiger partial charge in [-0.3, -0.25) is 0 Å². The molecule has 0 aliphatic carbocycles. The summed E-state index contributed by atoms with van der Waals surface area (Å²) in [6.45, 7) is 5.61. The maximum absolute atomic E-state index is 11.8. The zero-order chi connectivity index (χ0) is 15.3. The number of anilines is 1. The standard InChI is InChI=1S/C14H21ClN2O3/c1-9(2)14(3,19)8-16-13(18)17-11-7-10(15)5-6-12(11)20-4/h5-7,9,19H,8H2,1-4H3,(H2,16,17,18). The molecule has 5 nitrogen and oxygen atoms in total. The van der Waals surface area contributed by atoms with E-state index in [1.807, 2.05) is 13.8 Å². The Bertz CT molecular complexity index is 475. The van der Waals surface area contributed by atoms with Crippen molar-refractivity contribution in [1.29, 1.82) is 0 Å². The Morgan fingerprint density at radius 1 is 1.50 bits per heavy atom. The second-order valence-electron chi connectivity index (χ2n) is 5.16. The summed E-state index contributed by atoms with van der Waals surface area (Å²) in [7, 11) is 1.51.